The second-order valence-corrected chi connectivity index (χ2v) is 12.9. The average molecular weight is 531 g/mol. The molecule has 0 radical (unpaired) electrons. The first kappa shape index (κ1) is 34.0. The molecule has 5 nitrogen and oxygen atoms in total. The zero-order chi connectivity index (χ0) is 26.7. The molecular weight excluding hydrogens is 480 g/mol. The lowest BCUT2D eigenvalue weighted by Crippen LogP contribution is -2.34. The van der Waals surface area contributed by atoms with Crippen molar-refractivity contribution in [2.24, 2.45) is 0 Å². The Morgan fingerprint density at radius 1 is 0.971 bits per heavy atom. The van der Waals surface area contributed by atoms with Crippen molar-refractivity contribution in [1.29, 1.82) is 0 Å². The maximum atomic E-state index is 12.0. The lowest BCUT2D eigenvalue weighted by Gasteiger charge is -2.25. The van der Waals surface area contributed by atoms with E-state index in [9.17, 15) is 19.5 Å². The summed E-state index contributed by atoms with van der Waals surface area (Å²) in [6.45, 7) is 11.9. The Hall–Kier alpha value is -0.950. The lowest BCUT2D eigenvalue weighted by molar-refractivity contribution is -0.146. The number of rotatable bonds is 17. The van der Waals surface area contributed by atoms with Crippen LogP contribution in [0.25, 0.3) is 0 Å². The number of hydrogen-bond donors (Lipinski definition) is 1. The van der Waals surface area contributed by atoms with Gasteiger partial charge in [-0.2, -0.15) is 0 Å². The summed E-state index contributed by atoms with van der Waals surface area (Å²) in [6.07, 6.45) is 17.5. The van der Waals surface area contributed by atoms with Crippen molar-refractivity contribution >= 4 is 39.7 Å². The minimum absolute atomic E-state index is 0.00835. The number of aliphatic hydroxyl groups excluding tert-OH is 1. The topological polar surface area (TPSA) is 80.7 Å². The van der Waals surface area contributed by atoms with Crippen molar-refractivity contribution in [3.63, 3.8) is 0 Å². The second kappa shape index (κ2) is 19.2. The van der Waals surface area contributed by atoms with Gasteiger partial charge in [-0.1, -0.05) is 114 Å². The molecule has 204 valence electrons. The summed E-state index contributed by atoms with van der Waals surface area (Å²) in [5.74, 6) is -0.000170. The van der Waals surface area contributed by atoms with Gasteiger partial charge in [-0.05, 0) is 33.6 Å². The van der Waals surface area contributed by atoms with E-state index >= 15 is 0 Å². The van der Waals surface area contributed by atoms with Gasteiger partial charge in [0.05, 0.1) is 11.4 Å². The number of esters is 1. The van der Waals surface area contributed by atoms with Crippen molar-refractivity contribution in [2.45, 2.75) is 141 Å². The molecule has 1 N–H and O–H groups in total. The van der Waals surface area contributed by atoms with Crippen molar-refractivity contribution in [2.75, 3.05) is 6.61 Å². The molecule has 1 rings (SSSR count). The highest BCUT2D eigenvalue weighted by atomic mass is 32.2. The standard InChI is InChI=1S/C15H28O3S.C13H22O2S/c1-5-7-8-9-10-11-12-15(4,19-13(3)16)14(17)18-6-2;1-3-4-5-6-7-8-9-13(2)11(14)10-12(15)16-13/h5-12H2,1-4H3;10,14H,3-9H2,1-2H3. The van der Waals surface area contributed by atoms with Crippen molar-refractivity contribution < 1.29 is 24.2 Å². The maximum Gasteiger partial charge on any atom is 0.322 e. The highest BCUT2D eigenvalue weighted by Gasteiger charge is 2.38. The van der Waals surface area contributed by atoms with Gasteiger partial charge in [-0.15, -0.1) is 0 Å². The molecule has 0 saturated carbocycles. The summed E-state index contributed by atoms with van der Waals surface area (Å²) in [6, 6.07) is 0. The number of carbonyl (C=O) groups is 3. The van der Waals surface area contributed by atoms with Crippen LogP contribution in [-0.2, 0) is 19.1 Å². The molecule has 7 heteroatoms. The van der Waals surface area contributed by atoms with Crippen LogP contribution >= 0.6 is 23.5 Å². The van der Waals surface area contributed by atoms with E-state index in [1.54, 1.807) is 6.92 Å². The first-order chi connectivity index (χ1) is 16.5. The normalized spacial score (nSPS) is 18.9. The van der Waals surface area contributed by atoms with Crippen LogP contribution in [0.2, 0.25) is 0 Å². The molecule has 0 spiro atoms. The first-order valence-corrected chi connectivity index (χ1v) is 15.2. The minimum Gasteiger partial charge on any atom is -0.511 e. The van der Waals surface area contributed by atoms with Gasteiger partial charge < -0.3 is 9.84 Å². The van der Waals surface area contributed by atoms with E-state index in [0.717, 1.165) is 37.4 Å². The Morgan fingerprint density at radius 3 is 1.94 bits per heavy atom. The van der Waals surface area contributed by atoms with Crippen molar-refractivity contribution in [1.82, 2.24) is 0 Å². The number of carbonyl (C=O) groups excluding carboxylic acids is 3. The Balaban J connectivity index is 0.000000669. The van der Waals surface area contributed by atoms with Gasteiger partial charge >= 0.3 is 5.97 Å². The third kappa shape index (κ3) is 15.0. The van der Waals surface area contributed by atoms with E-state index in [1.165, 1.54) is 82.5 Å². The third-order valence-corrected chi connectivity index (χ3v) is 8.50. The van der Waals surface area contributed by atoms with Crippen LogP contribution in [0.15, 0.2) is 11.8 Å². The average Bonchev–Trinajstić information content (AvgIpc) is 3.04. The Bertz CT molecular complexity index is 664. The van der Waals surface area contributed by atoms with Gasteiger partial charge in [0.15, 0.2) is 5.12 Å². The highest BCUT2D eigenvalue weighted by Crippen LogP contribution is 2.42. The molecule has 0 aliphatic carbocycles. The van der Waals surface area contributed by atoms with E-state index in [0.29, 0.717) is 13.0 Å². The van der Waals surface area contributed by atoms with Gasteiger partial charge in [0.25, 0.3) is 0 Å². The fourth-order valence-corrected chi connectivity index (χ4v) is 6.08. The van der Waals surface area contributed by atoms with E-state index in [4.69, 9.17) is 4.74 Å². The molecule has 0 amide bonds. The van der Waals surface area contributed by atoms with Crippen LogP contribution < -0.4 is 0 Å². The van der Waals surface area contributed by atoms with Crippen LogP contribution in [0.1, 0.15) is 131 Å². The number of aliphatic hydroxyl groups is 1. The molecule has 1 heterocycles. The van der Waals surface area contributed by atoms with Gasteiger partial charge in [-0.3, -0.25) is 14.4 Å². The summed E-state index contributed by atoms with van der Waals surface area (Å²) < 4.78 is 4.03. The SMILES string of the molecule is CCCCCCCCC(C)(SC(C)=O)C(=O)OCC.CCCCCCCCC1(C)SC(=O)C=C1O. The molecule has 2 unspecified atom stereocenters. The molecule has 1 aliphatic rings. The molecule has 0 fully saturated rings. The minimum atomic E-state index is -0.716. The fraction of sp³-hybridized carbons (Fsp3) is 0.821. The Morgan fingerprint density at radius 2 is 1.49 bits per heavy atom. The number of hydrogen-bond acceptors (Lipinski definition) is 7. The van der Waals surface area contributed by atoms with Gasteiger partial charge in [-0.25, -0.2) is 0 Å². The van der Waals surface area contributed by atoms with E-state index in [2.05, 4.69) is 13.8 Å². The van der Waals surface area contributed by atoms with E-state index < -0.39 is 4.75 Å². The van der Waals surface area contributed by atoms with Gasteiger partial charge in [0.2, 0.25) is 5.12 Å². The van der Waals surface area contributed by atoms with Crippen LogP contribution in [0.3, 0.4) is 0 Å². The molecule has 0 saturated heterocycles. The number of ether oxygens (including phenoxy) is 1. The third-order valence-electron chi connectivity index (χ3n) is 6.21. The van der Waals surface area contributed by atoms with E-state index in [-0.39, 0.29) is 26.7 Å². The molecule has 2 atom stereocenters. The van der Waals surface area contributed by atoms with Crippen LogP contribution in [0.5, 0.6) is 0 Å². The van der Waals surface area contributed by atoms with Gasteiger partial charge in [0.1, 0.15) is 10.5 Å². The van der Waals surface area contributed by atoms with Crippen molar-refractivity contribution in [3.8, 4) is 0 Å². The quantitative estimate of drug-likeness (QED) is 0.149. The molecule has 1 aliphatic heterocycles. The predicted octanol–water partition coefficient (Wildman–Crippen LogP) is 8.55. The molecule has 35 heavy (non-hydrogen) atoms. The molecular formula is C28H50O5S2. The van der Waals surface area contributed by atoms with Crippen LogP contribution in [0.4, 0.5) is 0 Å². The maximum absolute atomic E-state index is 12.0. The monoisotopic (exact) mass is 530 g/mol. The molecule has 0 bridgehead atoms. The smallest absolute Gasteiger partial charge is 0.322 e. The first-order valence-electron chi connectivity index (χ1n) is 13.6. The Labute approximate surface area is 223 Å². The number of thioether (sulfide) groups is 2. The zero-order valence-corrected chi connectivity index (χ0v) is 24.7. The van der Waals surface area contributed by atoms with Gasteiger partial charge in [0, 0.05) is 13.0 Å². The summed E-state index contributed by atoms with van der Waals surface area (Å²) in [5.41, 5.74) is 0. The summed E-state index contributed by atoms with van der Waals surface area (Å²) in [4.78, 5) is 34.4. The van der Waals surface area contributed by atoms with Crippen molar-refractivity contribution in [3.05, 3.63) is 11.8 Å². The van der Waals surface area contributed by atoms with E-state index in [1.807, 2.05) is 13.8 Å². The lowest BCUT2D eigenvalue weighted by atomic mass is 9.99. The largest absolute Gasteiger partial charge is 0.511 e. The number of unbranched alkanes of at least 4 members (excludes halogenated alkanes) is 10. The summed E-state index contributed by atoms with van der Waals surface area (Å²) in [5, 5.41) is 9.64. The zero-order valence-electron chi connectivity index (χ0n) is 23.1. The van der Waals surface area contributed by atoms with Crippen LogP contribution in [0, 0.1) is 0 Å². The molecule has 0 aromatic carbocycles. The van der Waals surface area contributed by atoms with Crippen LogP contribution in [-0.4, -0.2) is 37.4 Å². The predicted molar refractivity (Wildman–Crippen MR) is 151 cm³/mol. The highest BCUT2D eigenvalue weighted by molar-refractivity contribution is 8.15. The summed E-state index contributed by atoms with van der Waals surface area (Å²) >= 11 is 2.37. The molecule has 0 aromatic heterocycles. The second-order valence-electron chi connectivity index (χ2n) is 9.76. The molecule has 0 aromatic rings. The fourth-order valence-electron chi connectivity index (χ4n) is 4.03. The summed E-state index contributed by atoms with van der Waals surface area (Å²) in [7, 11) is 0. The Kier molecular flexibility index (Phi) is 18.7.